The van der Waals surface area contributed by atoms with E-state index in [1.54, 1.807) is 6.07 Å². The molecule has 0 aliphatic heterocycles. The third kappa shape index (κ3) is 4.69. The van der Waals surface area contributed by atoms with Gasteiger partial charge in [-0.1, -0.05) is 24.6 Å². The number of rotatable bonds is 6. The van der Waals surface area contributed by atoms with Gasteiger partial charge in [-0.3, -0.25) is 0 Å². The largest absolute Gasteiger partial charge is 0.313 e. The van der Waals surface area contributed by atoms with Crippen LogP contribution in [0.5, 0.6) is 0 Å². The van der Waals surface area contributed by atoms with E-state index in [0.717, 1.165) is 24.9 Å². The number of hydrogen-bond acceptors (Lipinski definition) is 1. The average Bonchev–Trinajstić information content (AvgIpc) is 2.26. The first-order chi connectivity index (χ1) is 7.63. The quantitative estimate of drug-likeness (QED) is 0.605. The summed E-state index contributed by atoms with van der Waals surface area (Å²) in [6.07, 6.45) is 1.90. The Labute approximate surface area is 106 Å². The molecule has 0 aliphatic rings. The third-order valence-corrected chi connectivity index (χ3v) is 3.29. The summed E-state index contributed by atoms with van der Waals surface area (Å²) in [6.45, 7) is 3.55. The minimum absolute atomic E-state index is 0.219. The molecule has 0 bridgehead atoms. The first kappa shape index (κ1) is 13.8. The van der Waals surface area contributed by atoms with Gasteiger partial charge in [0.15, 0.2) is 0 Å². The van der Waals surface area contributed by atoms with Crippen molar-refractivity contribution in [3.63, 3.8) is 0 Å². The van der Waals surface area contributed by atoms with Crippen LogP contribution in [0.15, 0.2) is 18.2 Å². The number of halogens is 3. The van der Waals surface area contributed by atoms with Crippen molar-refractivity contribution in [1.82, 2.24) is 5.32 Å². The van der Waals surface area contributed by atoms with Gasteiger partial charge in [0, 0.05) is 16.9 Å². The van der Waals surface area contributed by atoms with Gasteiger partial charge in [-0.2, -0.15) is 0 Å². The van der Waals surface area contributed by atoms with Crippen molar-refractivity contribution in [3.8, 4) is 0 Å². The maximum atomic E-state index is 12.8. The molecule has 0 amide bonds. The second-order valence-electron chi connectivity index (χ2n) is 3.71. The van der Waals surface area contributed by atoms with E-state index < -0.39 is 0 Å². The van der Waals surface area contributed by atoms with Gasteiger partial charge in [0.25, 0.3) is 0 Å². The fourth-order valence-corrected chi connectivity index (χ4v) is 1.69. The number of alkyl halides is 1. The Hall–Kier alpha value is -0.310. The fourth-order valence-electron chi connectivity index (χ4n) is 1.35. The summed E-state index contributed by atoms with van der Waals surface area (Å²) in [5.74, 6) is -0.305. The van der Waals surface area contributed by atoms with Crippen LogP contribution in [0.25, 0.3) is 0 Å². The smallest absolute Gasteiger partial charge is 0.124 e. The molecule has 1 N–H and O–H groups in total. The highest BCUT2D eigenvalue weighted by Gasteiger charge is 2.03. The lowest BCUT2D eigenvalue weighted by Crippen LogP contribution is -2.18. The van der Waals surface area contributed by atoms with Crippen LogP contribution in [0.4, 0.5) is 4.39 Å². The lowest BCUT2D eigenvalue weighted by Gasteiger charge is -2.09. The Bertz CT molecular complexity index is 331. The van der Waals surface area contributed by atoms with E-state index in [-0.39, 0.29) is 11.2 Å². The van der Waals surface area contributed by atoms with E-state index in [4.69, 9.17) is 23.2 Å². The van der Waals surface area contributed by atoms with E-state index in [1.165, 1.54) is 12.1 Å². The van der Waals surface area contributed by atoms with Gasteiger partial charge >= 0.3 is 0 Å². The van der Waals surface area contributed by atoms with Gasteiger partial charge in [0.1, 0.15) is 5.82 Å². The van der Waals surface area contributed by atoms with Crippen molar-refractivity contribution < 1.29 is 4.39 Å². The maximum absolute atomic E-state index is 12.8. The zero-order valence-electron chi connectivity index (χ0n) is 9.27. The van der Waals surface area contributed by atoms with Crippen LogP contribution in [0, 0.1) is 5.82 Å². The minimum atomic E-state index is -0.305. The van der Waals surface area contributed by atoms with Gasteiger partial charge < -0.3 is 5.32 Å². The molecule has 0 saturated carbocycles. The molecule has 1 rings (SSSR count). The molecule has 0 spiro atoms. The Kier molecular flexibility index (Phi) is 6.10. The molecule has 0 aromatic heterocycles. The lowest BCUT2D eigenvalue weighted by atomic mass is 10.2. The summed E-state index contributed by atoms with van der Waals surface area (Å²) in [4.78, 5) is 0. The molecule has 90 valence electrons. The van der Waals surface area contributed by atoms with Gasteiger partial charge in [-0.25, -0.2) is 4.39 Å². The molecule has 0 saturated heterocycles. The summed E-state index contributed by atoms with van der Waals surface area (Å²) in [6, 6.07) is 4.44. The van der Waals surface area contributed by atoms with Crippen LogP contribution >= 0.6 is 23.2 Å². The first-order valence-electron chi connectivity index (χ1n) is 5.42. The summed E-state index contributed by atoms with van der Waals surface area (Å²) in [5, 5.41) is 3.92. The molecule has 16 heavy (non-hydrogen) atoms. The van der Waals surface area contributed by atoms with Gasteiger partial charge in [-0.05, 0) is 37.1 Å². The molecule has 1 aromatic carbocycles. The second-order valence-corrected chi connectivity index (χ2v) is 4.73. The number of nitrogens with one attached hydrogen (secondary N) is 1. The molecule has 1 atom stereocenters. The van der Waals surface area contributed by atoms with Gasteiger partial charge in [0.2, 0.25) is 0 Å². The van der Waals surface area contributed by atoms with Gasteiger partial charge in [0.05, 0.1) is 0 Å². The normalized spacial score (nSPS) is 12.8. The molecular formula is C12H16Cl2FN. The molecular weight excluding hydrogens is 248 g/mol. The monoisotopic (exact) mass is 263 g/mol. The maximum Gasteiger partial charge on any atom is 0.124 e. The second kappa shape index (κ2) is 7.10. The topological polar surface area (TPSA) is 12.0 Å². The Balaban J connectivity index is 2.32. The van der Waals surface area contributed by atoms with Crippen LogP contribution < -0.4 is 5.32 Å². The minimum Gasteiger partial charge on any atom is -0.313 e. The van der Waals surface area contributed by atoms with Gasteiger partial charge in [-0.15, -0.1) is 11.6 Å². The standard InChI is InChI=1S/C12H16Cl2FN/c1-2-10(13)5-6-16-8-9-3-4-11(15)7-12(9)14/h3-4,7,10,16H,2,5-6,8H2,1H3. The predicted molar refractivity (Wildman–Crippen MR) is 67.7 cm³/mol. The van der Waals surface area contributed by atoms with E-state index in [2.05, 4.69) is 12.2 Å². The highest BCUT2D eigenvalue weighted by Crippen LogP contribution is 2.16. The predicted octanol–water partition coefficient (Wildman–Crippen LogP) is 3.98. The van der Waals surface area contributed by atoms with Crippen LogP contribution in [0.2, 0.25) is 5.02 Å². The Morgan fingerprint density at radius 1 is 1.44 bits per heavy atom. The van der Waals surface area contributed by atoms with E-state index >= 15 is 0 Å². The van der Waals surface area contributed by atoms with Crippen LogP contribution in [0.3, 0.4) is 0 Å². The summed E-state index contributed by atoms with van der Waals surface area (Å²) < 4.78 is 12.8. The molecule has 1 nitrogen and oxygen atoms in total. The molecule has 0 radical (unpaired) electrons. The van der Waals surface area contributed by atoms with Crippen molar-refractivity contribution in [3.05, 3.63) is 34.6 Å². The fraction of sp³-hybridized carbons (Fsp3) is 0.500. The summed E-state index contributed by atoms with van der Waals surface area (Å²) >= 11 is 11.9. The van der Waals surface area contributed by atoms with E-state index in [1.807, 2.05) is 0 Å². The van der Waals surface area contributed by atoms with Crippen LogP contribution in [-0.2, 0) is 6.54 Å². The highest BCUT2D eigenvalue weighted by molar-refractivity contribution is 6.31. The molecule has 0 fully saturated rings. The Morgan fingerprint density at radius 3 is 2.81 bits per heavy atom. The molecule has 4 heteroatoms. The number of benzene rings is 1. The average molecular weight is 264 g/mol. The van der Waals surface area contributed by atoms with E-state index in [9.17, 15) is 4.39 Å². The summed E-state index contributed by atoms with van der Waals surface area (Å²) in [5.41, 5.74) is 0.908. The van der Waals surface area contributed by atoms with Crippen molar-refractivity contribution >= 4 is 23.2 Å². The lowest BCUT2D eigenvalue weighted by molar-refractivity contribution is 0.614. The van der Waals surface area contributed by atoms with Crippen LogP contribution in [0.1, 0.15) is 25.3 Å². The highest BCUT2D eigenvalue weighted by atomic mass is 35.5. The SMILES string of the molecule is CCC(Cl)CCNCc1ccc(F)cc1Cl. The van der Waals surface area contributed by atoms with Crippen LogP contribution in [-0.4, -0.2) is 11.9 Å². The molecule has 1 aromatic rings. The Morgan fingerprint density at radius 2 is 2.19 bits per heavy atom. The molecule has 1 unspecified atom stereocenters. The molecule has 0 aliphatic carbocycles. The van der Waals surface area contributed by atoms with E-state index in [0.29, 0.717) is 11.6 Å². The first-order valence-corrected chi connectivity index (χ1v) is 6.23. The van der Waals surface area contributed by atoms with Crippen molar-refractivity contribution in [2.24, 2.45) is 0 Å². The van der Waals surface area contributed by atoms with Crippen molar-refractivity contribution in [2.75, 3.05) is 6.54 Å². The third-order valence-electron chi connectivity index (χ3n) is 2.41. The van der Waals surface area contributed by atoms with Crippen molar-refractivity contribution in [1.29, 1.82) is 0 Å². The van der Waals surface area contributed by atoms with Crippen molar-refractivity contribution in [2.45, 2.75) is 31.7 Å². The summed E-state index contributed by atoms with van der Waals surface area (Å²) in [7, 11) is 0. The zero-order chi connectivity index (χ0) is 12.0. The molecule has 0 heterocycles. The zero-order valence-corrected chi connectivity index (χ0v) is 10.8. The number of hydrogen-bond donors (Lipinski definition) is 1.